The van der Waals surface area contributed by atoms with E-state index < -0.39 is 6.10 Å². The Labute approximate surface area is 90.1 Å². The summed E-state index contributed by atoms with van der Waals surface area (Å²) in [5.41, 5.74) is 0.667. The lowest BCUT2D eigenvalue weighted by Crippen LogP contribution is -2.28. The summed E-state index contributed by atoms with van der Waals surface area (Å²) in [4.78, 5) is 0. The molecule has 3 heteroatoms. The number of hydrogen-bond donors (Lipinski definition) is 2. The molecule has 0 unspecified atom stereocenters. The normalized spacial score (nSPS) is 14.9. The molecule has 0 saturated carbocycles. The summed E-state index contributed by atoms with van der Waals surface area (Å²) >= 11 is 0. The van der Waals surface area contributed by atoms with Crippen LogP contribution in [0.3, 0.4) is 0 Å². The van der Waals surface area contributed by atoms with Gasteiger partial charge >= 0.3 is 0 Å². The fourth-order valence-electron chi connectivity index (χ4n) is 1.54. The molecule has 84 valence electrons. The summed E-state index contributed by atoms with van der Waals surface area (Å²) < 4.78 is 13.4. The lowest BCUT2D eigenvalue weighted by Gasteiger charge is -2.18. The zero-order valence-corrected chi connectivity index (χ0v) is 9.20. The number of aliphatic hydroxyl groups is 1. The van der Waals surface area contributed by atoms with E-state index in [9.17, 15) is 4.39 Å². The lowest BCUT2D eigenvalue weighted by molar-refractivity contribution is 0.185. The van der Waals surface area contributed by atoms with Gasteiger partial charge in [-0.05, 0) is 19.4 Å². The number of halogens is 1. The zero-order valence-electron chi connectivity index (χ0n) is 9.20. The van der Waals surface area contributed by atoms with Gasteiger partial charge in [0.1, 0.15) is 5.82 Å². The van der Waals surface area contributed by atoms with Gasteiger partial charge < -0.3 is 10.4 Å². The Kier molecular flexibility index (Phi) is 4.72. The zero-order chi connectivity index (χ0) is 11.3. The predicted molar refractivity (Wildman–Crippen MR) is 59.1 cm³/mol. The Morgan fingerprint density at radius 3 is 2.60 bits per heavy atom. The molecule has 0 spiro atoms. The molecule has 1 rings (SSSR count). The first kappa shape index (κ1) is 12.1. The maximum atomic E-state index is 13.4. The van der Waals surface area contributed by atoms with Crippen LogP contribution in [0.2, 0.25) is 0 Å². The van der Waals surface area contributed by atoms with Crippen molar-refractivity contribution in [2.24, 2.45) is 0 Å². The standard InChI is InChI=1S/C12H18FNO/c1-3-12(14-8-9(2)15)10-6-4-5-7-11(10)13/h4-7,9,12,14-15H,3,8H2,1-2H3/t9-,12-/m1/s1. The van der Waals surface area contributed by atoms with Crippen molar-refractivity contribution in [1.29, 1.82) is 0 Å². The molecule has 2 nitrogen and oxygen atoms in total. The summed E-state index contributed by atoms with van der Waals surface area (Å²) in [6, 6.07) is 6.71. The molecule has 15 heavy (non-hydrogen) atoms. The lowest BCUT2D eigenvalue weighted by atomic mass is 10.0. The molecule has 0 aliphatic rings. The molecule has 0 aliphatic carbocycles. The summed E-state index contributed by atoms with van der Waals surface area (Å²) in [6.45, 7) is 4.18. The number of aliphatic hydroxyl groups excluding tert-OH is 1. The Morgan fingerprint density at radius 2 is 2.07 bits per heavy atom. The first-order valence-corrected chi connectivity index (χ1v) is 5.31. The van der Waals surface area contributed by atoms with Gasteiger partial charge in [0.2, 0.25) is 0 Å². The second-order valence-corrected chi connectivity index (χ2v) is 3.74. The average molecular weight is 211 g/mol. The second-order valence-electron chi connectivity index (χ2n) is 3.74. The number of benzene rings is 1. The Bertz CT molecular complexity index is 301. The fraction of sp³-hybridized carbons (Fsp3) is 0.500. The van der Waals surface area contributed by atoms with E-state index in [1.54, 1.807) is 19.1 Å². The van der Waals surface area contributed by atoms with Gasteiger partial charge in [-0.15, -0.1) is 0 Å². The third-order valence-electron chi connectivity index (χ3n) is 2.35. The summed E-state index contributed by atoms with van der Waals surface area (Å²) in [5.74, 6) is -0.192. The van der Waals surface area contributed by atoms with E-state index in [-0.39, 0.29) is 11.9 Å². The largest absolute Gasteiger partial charge is 0.392 e. The molecule has 0 radical (unpaired) electrons. The summed E-state index contributed by atoms with van der Waals surface area (Å²) in [5, 5.41) is 12.3. The molecular weight excluding hydrogens is 193 g/mol. The van der Waals surface area contributed by atoms with Crippen LogP contribution in [0.5, 0.6) is 0 Å². The summed E-state index contributed by atoms with van der Waals surface area (Å²) in [7, 11) is 0. The van der Waals surface area contributed by atoms with Crippen molar-refractivity contribution in [1.82, 2.24) is 5.32 Å². The quantitative estimate of drug-likeness (QED) is 0.783. The molecule has 0 aliphatic heterocycles. The van der Waals surface area contributed by atoms with Crippen molar-refractivity contribution in [2.45, 2.75) is 32.4 Å². The molecule has 0 bridgehead atoms. The van der Waals surface area contributed by atoms with Crippen LogP contribution < -0.4 is 5.32 Å². The Balaban J connectivity index is 2.70. The van der Waals surface area contributed by atoms with Crippen LogP contribution in [0.25, 0.3) is 0 Å². The minimum Gasteiger partial charge on any atom is -0.392 e. The van der Waals surface area contributed by atoms with Crippen LogP contribution in [-0.2, 0) is 0 Å². The van der Waals surface area contributed by atoms with Gasteiger partial charge in [0.25, 0.3) is 0 Å². The minimum absolute atomic E-state index is 0.0270. The number of nitrogens with one attached hydrogen (secondary N) is 1. The first-order chi connectivity index (χ1) is 7.15. The number of rotatable bonds is 5. The molecule has 2 atom stereocenters. The van der Waals surface area contributed by atoms with Crippen LogP contribution in [0, 0.1) is 5.82 Å². The van der Waals surface area contributed by atoms with E-state index in [2.05, 4.69) is 5.32 Å². The number of hydrogen-bond acceptors (Lipinski definition) is 2. The van der Waals surface area contributed by atoms with E-state index >= 15 is 0 Å². The maximum Gasteiger partial charge on any atom is 0.127 e. The van der Waals surface area contributed by atoms with Crippen molar-refractivity contribution >= 4 is 0 Å². The molecule has 0 amide bonds. The molecule has 0 heterocycles. The molecule has 2 N–H and O–H groups in total. The van der Waals surface area contributed by atoms with Crippen molar-refractivity contribution in [3.05, 3.63) is 35.6 Å². The summed E-state index contributed by atoms with van der Waals surface area (Å²) in [6.07, 6.45) is 0.388. The smallest absolute Gasteiger partial charge is 0.127 e. The molecule has 1 aromatic rings. The van der Waals surface area contributed by atoms with Crippen molar-refractivity contribution in [3.8, 4) is 0 Å². The highest BCUT2D eigenvalue weighted by Crippen LogP contribution is 2.19. The maximum absolute atomic E-state index is 13.4. The fourth-order valence-corrected chi connectivity index (χ4v) is 1.54. The van der Waals surface area contributed by atoms with E-state index in [0.29, 0.717) is 12.1 Å². The van der Waals surface area contributed by atoms with E-state index in [1.165, 1.54) is 6.07 Å². The van der Waals surface area contributed by atoms with E-state index in [4.69, 9.17) is 5.11 Å². The highest BCUT2D eigenvalue weighted by Gasteiger charge is 2.12. The first-order valence-electron chi connectivity index (χ1n) is 5.31. The van der Waals surface area contributed by atoms with E-state index in [0.717, 1.165) is 6.42 Å². The van der Waals surface area contributed by atoms with Crippen LogP contribution in [-0.4, -0.2) is 17.8 Å². The Morgan fingerprint density at radius 1 is 1.40 bits per heavy atom. The highest BCUT2D eigenvalue weighted by atomic mass is 19.1. The van der Waals surface area contributed by atoms with Gasteiger partial charge in [-0.1, -0.05) is 25.1 Å². The van der Waals surface area contributed by atoms with Gasteiger partial charge in [-0.2, -0.15) is 0 Å². The second kappa shape index (κ2) is 5.83. The molecule has 0 fully saturated rings. The van der Waals surface area contributed by atoms with Gasteiger partial charge in [-0.3, -0.25) is 0 Å². The van der Waals surface area contributed by atoms with Crippen LogP contribution in [0.4, 0.5) is 4.39 Å². The Hall–Kier alpha value is -0.930. The highest BCUT2D eigenvalue weighted by molar-refractivity contribution is 5.21. The van der Waals surface area contributed by atoms with Crippen molar-refractivity contribution < 1.29 is 9.50 Å². The predicted octanol–water partition coefficient (Wildman–Crippen LogP) is 2.25. The molecular formula is C12H18FNO. The molecule has 0 saturated heterocycles. The van der Waals surface area contributed by atoms with Crippen LogP contribution >= 0.6 is 0 Å². The topological polar surface area (TPSA) is 32.3 Å². The molecule has 1 aromatic carbocycles. The average Bonchev–Trinajstić information content (AvgIpc) is 2.21. The van der Waals surface area contributed by atoms with Crippen LogP contribution in [0.1, 0.15) is 31.9 Å². The monoisotopic (exact) mass is 211 g/mol. The van der Waals surface area contributed by atoms with Crippen LogP contribution in [0.15, 0.2) is 24.3 Å². The molecule has 0 aromatic heterocycles. The minimum atomic E-state index is -0.411. The SMILES string of the molecule is CC[C@@H](NC[C@@H](C)O)c1ccccc1F. The van der Waals surface area contributed by atoms with Gasteiger partial charge in [-0.25, -0.2) is 4.39 Å². The third-order valence-corrected chi connectivity index (χ3v) is 2.35. The third kappa shape index (κ3) is 3.61. The van der Waals surface area contributed by atoms with Crippen molar-refractivity contribution in [2.75, 3.05) is 6.54 Å². The van der Waals surface area contributed by atoms with Gasteiger partial charge in [0.15, 0.2) is 0 Å². The van der Waals surface area contributed by atoms with Crippen molar-refractivity contribution in [3.63, 3.8) is 0 Å². The van der Waals surface area contributed by atoms with E-state index in [1.807, 2.05) is 13.0 Å². The van der Waals surface area contributed by atoms with Gasteiger partial charge in [0.05, 0.1) is 6.10 Å². The van der Waals surface area contributed by atoms with Gasteiger partial charge in [0, 0.05) is 18.2 Å².